The fourth-order valence-corrected chi connectivity index (χ4v) is 6.63. The molecule has 0 radical (unpaired) electrons. The Labute approximate surface area is 258 Å². The minimum atomic E-state index is -0.814. The van der Waals surface area contributed by atoms with Gasteiger partial charge in [0.05, 0.1) is 12.6 Å². The van der Waals surface area contributed by atoms with Crippen LogP contribution < -0.4 is 5.32 Å². The van der Waals surface area contributed by atoms with Crippen molar-refractivity contribution in [3.63, 3.8) is 0 Å². The number of halogens is 2. The lowest BCUT2D eigenvalue weighted by Gasteiger charge is -2.47. The number of nitrogens with one attached hydrogen (secondary N) is 1. The third-order valence-corrected chi connectivity index (χ3v) is 9.13. The normalized spacial score (nSPS) is 22.5. The molecule has 0 aromatic heterocycles. The van der Waals surface area contributed by atoms with Crippen LogP contribution >= 0.6 is 0 Å². The number of benzene rings is 2. The number of carbonyl (C=O) groups is 2. The number of aliphatic imine (C=N–C) groups is 2. The smallest absolute Gasteiger partial charge is 0.275 e. The van der Waals surface area contributed by atoms with Crippen LogP contribution in [0.5, 0.6) is 0 Å². The van der Waals surface area contributed by atoms with Crippen molar-refractivity contribution in [2.45, 2.75) is 84.8 Å². The summed E-state index contributed by atoms with van der Waals surface area (Å²) in [7, 11) is 0. The van der Waals surface area contributed by atoms with E-state index in [1.54, 1.807) is 12.1 Å². The van der Waals surface area contributed by atoms with Gasteiger partial charge >= 0.3 is 0 Å². The highest BCUT2D eigenvalue weighted by molar-refractivity contribution is 6.46. The molecule has 0 unspecified atom stereocenters. The molecule has 1 N–H and O–H groups in total. The lowest BCUT2D eigenvalue weighted by Crippen LogP contribution is -2.51. The van der Waals surface area contributed by atoms with E-state index in [2.05, 4.69) is 55.2 Å². The summed E-state index contributed by atoms with van der Waals surface area (Å²) in [4.78, 5) is 38.3. The van der Waals surface area contributed by atoms with Crippen LogP contribution in [0.25, 0.3) is 0 Å². The fraction of sp³-hybridized carbons (Fsp3) is 0.529. The number of hydrogen-bond acceptors (Lipinski definition) is 6. The first-order valence-corrected chi connectivity index (χ1v) is 15.6. The van der Waals surface area contributed by atoms with Crippen molar-refractivity contribution in [2.75, 3.05) is 13.2 Å². The third kappa shape index (κ3) is 6.79. The summed E-state index contributed by atoms with van der Waals surface area (Å²) in [5, 5.41) is 10.5. The van der Waals surface area contributed by atoms with Crippen molar-refractivity contribution >= 4 is 23.4 Å². The molecule has 2 aromatic carbocycles. The highest BCUT2D eigenvalue weighted by Crippen LogP contribution is 2.50. The molecule has 1 fully saturated rings. The second kappa shape index (κ2) is 12.7. The molecule has 234 valence electrons. The minimum absolute atomic E-state index is 0.107. The van der Waals surface area contributed by atoms with Crippen LogP contribution in [-0.4, -0.2) is 47.1 Å². The lowest BCUT2D eigenvalue weighted by molar-refractivity contribution is -0.133. The Morgan fingerprint density at radius 3 is 2.27 bits per heavy atom. The van der Waals surface area contributed by atoms with Gasteiger partial charge in [-0.2, -0.15) is 5.11 Å². The summed E-state index contributed by atoms with van der Waals surface area (Å²) in [6.45, 7) is 11.5. The average Bonchev–Trinajstić information content (AvgIpc) is 3.58. The summed E-state index contributed by atoms with van der Waals surface area (Å²) in [5.74, 6) is -0.711. The van der Waals surface area contributed by atoms with Gasteiger partial charge in [-0.1, -0.05) is 46.8 Å². The van der Waals surface area contributed by atoms with E-state index in [0.29, 0.717) is 42.5 Å². The first kappa shape index (κ1) is 31.6. The Morgan fingerprint density at radius 2 is 1.70 bits per heavy atom. The molecule has 44 heavy (non-hydrogen) atoms. The second-order valence-electron chi connectivity index (χ2n) is 13.7. The van der Waals surface area contributed by atoms with Gasteiger partial charge in [0.1, 0.15) is 23.0 Å². The fourth-order valence-electron chi connectivity index (χ4n) is 6.63. The van der Waals surface area contributed by atoms with E-state index < -0.39 is 17.3 Å². The molecule has 0 bridgehead atoms. The van der Waals surface area contributed by atoms with E-state index >= 15 is 0 Å². The van der Waals surface area contributed by atoms with E-state index in [0.717, 1.165) is 30.9 Å². The zero-order chi connectivity index (χ0) is 31.6. The van der Waals surface area contributed by atoms with E-state index in [9.17, 15) is 18.4 Å². The monoisotopic (exact) mass is 604 g/mol. The molecule has 8 nitrogen and oxygen atoms in total. The highest BCUT2D eigenvalue weighted by Gasteiger charge is 2.52. The summed E-state index contributed by atoms with van der Waals surface area (Å²) in [5.41, 5.74) is 0.943. The Balaban J connectivity index is 1.49. The van der Waals surface area contributed by atoms with Crippen LogP contribution in [0.4, 0.5) is 8.78 Å². The third-order valence-electron chi connectivity index (χ3n) is 9.13. The molecular formula is C34H42F2N6O2. The number of rotatable bonds is 9. The van der Waals surface area contributed by atoms with Crippen molar-refractivity contribution in [3.05, 3.63) is 70.8 Å². The van der Waals surface area contributed by atoms with Crippen LogP contribution in [0.3, 0.4) is 0 Å². The van der Waals surface area contributed by atoms with Gasteiger partial charge in [0.15, 0.2) is 12.5 Å². The number of amidine groups is 1. The molecule has 2 aliphatic heterocycles. The molecular weight excluding hydrogens is 562 g/mol. The molecule has 0 saturated heterocycles. The van der Waals surface area contributed by atoms with Gasteiger partial charge in [-0.15, -0.1) is 5.11 Å². The zero-order valence-electron chi connectivity index (χ0n) is 26.2. The molecule has 1 atom stereocenters. The molecule has 1 aliphatic carbocycles. The van der Waals surface area contributed by atoms with Crippen molar-refractivity contribution < 1.29 is 18.4 Å². The number of carbonyl (C=O) groups excluding carboxylic acids is 2. The molecule has 10 heteroatoms. The average molecular weight is 605 g/mol. The molecule has 2 amide bonds. The van der Waals surface area contributed by atoms with Crippen LogP contribution in [0.15, 0.2) is 62.7 Å². The van der Waals surface area contributed by atoms with Crippen LogP contribution in [0, 0.1) is 28.9 Å². The summed E-state index contributed by atoms with van der Waals surface area (Å²) in [6, 6.07) is 10.2. The van der Waals surface area contributed by atoms with Gasteiger partial charge in [-0.3, -0.25) is 14.6 Å². The predicted molar refractivity (Wildman–Crippen MR) is 167 cm³/mol. The van der Waals surface area contributed by atoms with Gasteiger partial charge < -0.3 is 10.2 Å². The van der Waals surface area contributed by atoms with Gasteiger partial charge in [-0.25, -0.2) is 13.8 Å². The van der Waals surface area contributed by atoms with Crippen LogP contribution in [-0.2, 0) is 4.79 Å². The largest absolute Gasteiger partial charge is 0.345 e. The summed E-state index contributed by atoms with van der Waals surface area (Å²) >= 11 is 0. The minimum Gasteiger partial charge on any atom is -0.345 e. The molecule has 2 heterocycles. The topological polar surface area (TPSA) is 98.9 Å². The van der Waals surface area contributed by atoms with Crippen molar-refractivity contribution in [1.29, 1.82) is 0 Å². The van der Waals surface area contributed by atoms with Crippen molar-refractivity contribution in [3.8, 4) is 0 Å². The maximum absolute atomic E-state index is 14.4. The molecule has 5 rings (SSSR count). The molecule has 2 aromatic rings. The first-order chi connectivity index (χ1) is 20.9. The van der Waals surface area contributed by atoms with Gasteiger partial charge in [0.2, 0.25) is 0 Å². The second-order valence-corrected chi connectivity index (χ2v) is 13.7. The highest BCUT2D eigenvalue weighted by atomic mass is 19.1. The van der Waals surface area contributed by atoms with Crippen LogP contribution in [0.2, 0.25) is 0 Å². The number of hydrogen-bond donors (Lipinski definition) is 1. The standard InChI is InChI=1S/C34H42F2N6O2/c1-21(2)6-11-28(22-7-9-23(10-8-22)31(43)37-19-29-38-20-39-41-29)42-32(44)30(24-16-26(35)18-27(36)17-24)40-34(42)14-12-25(13-15-34)33(3,4)5/h7-10,16-18,21,25,28H,6,11-15,19-20H2,1-5H3,(H,37,43)/t25?,28-,34?/m1/s1. The van der Waals surface area contributed by atoms with E-state index in [4.69, 9.17) is 4.99 Å². The maximum Gasteiger partial charge on any atom is 0.275 e. The predicted octanol–water partition coefficient (Wildman–Crippen LogP) is 7.26. The molecule has 3 aliphatic rings. The summed E-state index contributed by atoms with van der Waals surface area (Å²) in [6.07, 6.45) is 4.66. The Bertz CT molecular complexity index is 1460. The first-order valence-electron chi connectivity index (χ1n) is 15.6. The van der Waals surface area contributed by atoms with Crippen LogP contribution in [0.1, 0.15) is 101 Å². The van der Waals surface area contributed by atoms with E-state index in [1.165, 1.54) is 12.1 Å². The van der Waals surface area contributed by atoms with Gasteiger partial charge in [-0.05, 0) is 85.6 Å². The number of amides is 2. The Kier molecular flexibility index (Phi) is 9.09. The van der Waals surface area contributed by atoms with E-state index in [1.807, 2.05) is 17.0 Å². The SMILES string of the molecule is CC(C)CC[C@H](c1ccc(C(=O)NCC2=NCN=N2)cc1)N1C(=O)C(c2cc(F)cc(F)c2)=NC12CCC(C(C)(C)C)CC2. The molecule has 1 spiro atoms. The van der Waals surface area contributed by atoms with Crippen molar-refractivity contribution in [2.24, 2.45) is 37.5 Å². The molecule has 1 saturated carbocycles. The number of azo groups is 1. The van der Waals surface area contributed by atoms with Crippen molar-refractivity contribution in [1.82, 2.24) is 10.2 Å². The Morgan fingerprint density at radius 1 is 1.05 bits per heavy atom. The maximum atomic E-state index is 14.4. The zero-order valence-corrected chi connectivity index (χ0v) is 26.2. The van der Waals surface area contributed by atoms with Gasteiger partial charge in [0, 0.05) is 17.2 Å². The van der Waals surface area contributed by atoms with E-state index in [-0.39, 0.29) is 47.8 Å². The quantitative estimate of drug-likeness (QED) is 0.326. The summed E-state index contributed by atoms with van der Waals surface area (Å²) < 4.78 is 28.7. The Hall–Kier alpha value is -3.82. The lowest BCUT2D eigenvalue weighted by atomic mass is 9.69. The van der Waals surface area contributed by atoms with Gasteiger partial charge in [0.25, 0.3) is 11.8 Å². The number of nitrogens with zero attached hydrogens (tertiary/aromatic N) is 5.